The first-order valence-corrected chi connectivity index (χ1v) is 12.6. The highest BCUT2D eigenvalue weighted by Gasteiger charge is 2.24. The van der Waals surface area contributed by atoms with Gasteiger partial charge < -0.3 is 15.1 Å². The molecule has 2 N–H and O–H groups in total. The summed E-state index contributed by atoms with van der Waals surface area (Å²) in [6, 6.07) is 18.9. The molecule has 0 saturated carbocycles. The highest BCUT2D eigenvalue weighted by atomic mass is 35.5. The molecule has 1 aliphatic rings. The SMILES string of the molecule is Cc1ccc(C(=O)NC(=S)Nc2ccc(N3CCN(C(=O)c4ccccc4C)CC3)c(Cl)c2)c(C)c1. The van der Waals surface area contributed by atoms with Gasteiger partial charge in [-0.05, 0) is 74.4 Å². The zero-order valence-corrected chi connectivity index (χ0v) is 22.2. The normalized spacial score (nSPS) is 13.3. The summed E-state index contributed by atoms with van der Waals surface area (Å²) >= 11 is 11.9. The van der Waals surface area contributed by atoms with Crippen molar-refractivity contribution in [3.63, 3.8) is 0 Å². The number of carbonyl (C=O) groups is 2. The van der Waals surface area contributed by atoms with Crippen LogP contribution in [0.15, 0.2) is 60.7 Å². The van der Waals surface area contributed by atoms with Crippen molar-refractivity contribution < 1.29 is 9.59 Å². The number of thiocarbonyl (C=S) groups is 1. The van der Waals surface area contributed by atoms with Crippen molar-refractivity contribution in [1.29, 1.82) is 0 Å². The molecule has 0 spiro atoms. The van der Waals surface area contributed by atoms with Crippen molar-refractivity contribution in [3.8, 4) is 0 Å². The van der Waals surface area contributed by atoms with E-state index in [9.17, 15) is 9.59 Å². The quantitative estimate of drug-likeness (QED) is 0.454. The van der Waals surface area contributed by atoms with Crippen molar-refractivity contribution in [1.82, 2.24) is 10.2 Å². The van der Waals surface area contributed by atoms with Crippen LogP contribution < -0.4 is 15.5 Å². The van der Waals surface area contributed by atoms with Gasteiger partial charge in [-0.15, -0.1) is 0 Å². The summed E-state index contributed by atoms with van der Waals surface area (Å²) in [6.45, 7) is 8.47. The molecule has 0 unspecified atom stereocenters. The van der Waals surface area contributed by atoms with E-state index in [0.717, 1.165) is 27.9 Å². The van der Waals surface area contributed by atoms with Crippen molar-refractivity contribution in [2.75, 3.05) is 36.4 Å². The van der Waals surface area contributed by atoms with E-state index in [-0.39, 0.29) is 16.9 Å². The molecule has 3 aromatic rings. The lowest BCUT2D eigenvalue weighted by Crippen LogP contribution is -2.49. The predicted molar refractivity (Wildman–Crippen MR) is 150 cm³/mol. The summed E-state index contributed by atoms with van der Waals surface area (Å²) in [6.07, 6.45) is 0. The minimum absolute atomic E-state index is 0.0646. The molecule has 36 heavy (non-hydrogen) atoms. The number of piperazine rings is 1. The molecule has 1 saturated heterocycles. The average molecular weight is 521 g/mol. The Kier molecular flexibility index (Phi) is 7.91. The molecule has 8 heteroatoms. The average Bonchev–Trinajstić information content (AvgIpc) is 2.84. The Balaban J connectivity index is 1.34. The largest absolute Gasteiger partial charge is 0.367 e. The van der Waals surface area contributed by atoms with Gasteiger partial charge in [-0.3, -0.25) is 14.9 Å². The maximum atomic E-state index is 12.9. The fraction of sp³-hybridized carbons (Fsp3) is 0.250. The molecule has 0 aromatic heterocycles. The van der Waals surface area contributed by atoms with Crippen molar-refractivity contribution in [2.24, 2.45) is 0 Å². The molecule has 0 atom stereocenters. The van der Waals surface area contributed by atoms with Crippen LogP contribution in [0.3, 0.4) is 0 Å². The minimum atomic E-state index is -0.258. The first-order chi connectivity index (χ1) is 17.2. The molecule has 186 valence electrons. The summed E-state index contributed by atoms with van der Waals surface area (Å²) in [5.74, 6) is -0.194. The number of hydrogen-bond acceptors (Lipinski definition) is 4. The number of carbonyl (C=O) groups excluding carboxylic acids is 2. The molecule has 0 bridgehead atoms. The van der Waals surface area contributed by atoms with Gasteiger partial charge in [0, 0.05) is 43.0 Å². The predicted octanol–water partition coefficient (Wildman–Crippen LogP) is 5.35. The van der Waals surface area contributed by atoms with Crippen molar-refractivity contribution >= 4 is 52.1 Å². The van der Waals surface area contributed by atoms with E-state index < -0.39 is 0 Å². The summed E-state index contributed by atoms with van der Waals surface area (Å²) in [5, 5.41) is 6.53. The fourth-order valence-electron chi connectivity index (χ4n) is 4.38. The highest BCUT2D eigenvalue weighted by molar-refractivity contribution is 7.80. The van der Waals surface area contributed by atoms with Crippen LogP contribution in [-0.2, 0) is 0 Å². The zero-order valence-electron chi connectivity index (χ0n) is 20.6. The van der Waals surface area contributed by atoms with Crippen LogP contribution >= 0.6 is 23.8 Å². The van der Waals surface area contributed by atoms with E-state index in [0.29, 0.717) is 42.5 Å². The van der Waals surface area contributed by atoms with Gasteiger partial charge in [0.2, 0.25) is 0 Å². The first kappa shape index (κ1) is 25.7. The molecular weight excluding hydrogens is 492 g/mol. The first-order valence-electron chi connectivity index (χ1n) is 11.8. The maximum Gasteiger partial charge on any atom is 0.257 e. The second-order valence-electron chi connectivity index (χ2n) is 8.99. The third-order valence-electron chi connectivity index (χ3n) is 6.34. The molecule has 1 aliphatic heterocycles. The second-order valence-corrected chi connectivity index (χ2v) is 9.80. The van der Waals surface area contributed by atoms with Gasteiger partial charge in [-0.25, -0.2) is 0 Å². The lowest BCUT2D eigenvalue weighted by Gasteiger charge is -2.36. The lowest BCUT2D eigenvalue weighted by molar-refractivity contribution is 0.0746. The minimum Gasteiger partial charge on any atom is -0.367 e. The van der Waals surface area contributed by atoms with Crippen molar-refractivity contribution in [3.05, 3.63) is 93.5 Å². The summed E-state index contributed by atoms with van der Waals surface area (Å²) in [4.78, 5) is 29.6. The molecule has 3 aromatic carbocycles. The van der Waals surface area contributed by atoms with Crippen LogP contribution in [0.5, 0.6) is 0 Å². The van der Waals surface area contributed by atoms with Gasteiger partial charge in [0.15, 0.2) is 5.11 Å². The van der Waals surface area contributed by atoms with Crippen LogP contribution in [0.1, 0.15) is 37.4 Å². The van der Waals surface area contributed by atoms with Crippen LogP contribution in [-0.4, -0.2) is 48.0 Å². The zero-order chi connectivity index (χ0) is 25.8. The Hall–Kier alpha value is -3.42. The summed E-state index contributed by atoms with van der Waals surface area (Å²) in [5.41, 5.74) is 5.89. The van der Waals surface area contributed by atoms with Gasteiger partial charge >= 0.3 is 0 Å². The number of nitrogens with one attached hydrogen (secondary N) is 2. The van der Waals surface area contributed by atoms with Crippen LogP contribution in [0.25, 0.3) is 0 Å². The van der Waals surface area contributed by atoms with E-state index >= 15 is 0 Å². The molecule has 4 rings (SSSR count). The van der Waals surface area contributed by atoms with E-state index in [2.05, 4.69) is 15.5 Å². The van der Waals surface area contributed by atoms with Gasteiger partial charge in [-0.1, -0.05) is 47.5 Å². The molecule has 2 amide bonds. The third-order valence-corrected chi connectivity index (χ3v) is 6.85. The monoisotopic (exact) mass is 520 g/mol. The number of anilines is 2. The van der Waals surface area contributed by atoms with Crippen LogP contribution in [0.4, 0.5) is 11.4 Å². The Morgan fingerprint density at radius 2 is 1.58 bits per heavy atom. The highest BCUT2D eigenvalue weighted by Crippen LogP contribution is 2.30. The maximum absolute atomic E-state index is 12.9. The smallest absolute Gasteiger partial charge is 0.257 e. The molecule has 6 nitrogen and oxygen atoms in total. The summed E-state index contributed by atoms with van der Waals surface area (Å²) in [7, 11) is 0. The van der Waals surface area contributed by atoms with E-state index in [1.165, 1.54) is 0 Å². The number of rotatable bonds is 4. The van der Waals surface area contributed by atoms with Crippen LogP contribution in [0, 0.1) is 20.8 Å². The standard InChI is InChI=1S/C28H29ClN4O2S/c1-18-8-10-22(20(3)16-18)26(34)31-28(36)30-21-9-11-25(24(29)17-21)32-12-14-33(15-13-32)27(35)23-7-5-4-6-19(23)2/h4-11,16-17H,12-15H2,1-3H3,(H2,30,31,34,36). The van der Waals surface area contributed by atoms with Crippen LogP contribution in [0.2, 0.25) is 5.02 Å². The van der Waals surface area contributed by atoms with E-state index in [1.54, 1.807) is 12.1 Å². The number of aryl methyl sites for hydroxylation is 3. The topological polar surface area (TPSA) is 64.7 Å². The van der Waals surface area contributed by atoms with E-state index in [4.69, 9.17) is 23.8 Å². The van der Waals surface area contributed by atoms with Gasteiger partial charge in [-0.2, -0.15) is 0 Å². The molecule has 0 aliphatic carbocycles. The van der Waals surface area contributed by atoms with E-state index in [1.807, 2.05) is 74.2 Å². The number of benzene rings is 3. The van der Waals surface area contributed by atoms with Crippen molar-refractivity contribution in [2.45, 2.75) is 20.8 Å². The van der Waals surface area contributed by atoms with Gasteiger partial charge in [0.25, 0.3) is 11.8 Å². The second kappa shape index (κ2) is 11.1. The summed E-state index contributed by atoms with van der Waals surface area (Å²) < 4.78 is 0. The molecular formula is C28H29ClN4O2S. The van der Waals surface area contributed by atoms with Gasteiger partial charge in [0.1, 0.15) is 0 Å². The number of halogens is 1. The molecule has 1 fully saturated rings. The number of nitrogens with zero attached hydrogens (tertiary/aromatic N) is 2. The fourth-order valence-corrected chi connectivity index (χ4v) is 4.89. The lowest BCUT2D eigenvalue weighted by atomic mass is 10.1. The molecule has 0 radical (unpaired) electrons. The number of hydrogen-bond donors (Lipinski definition) is 2. The molecule has 1 heterocycles. The Morgan fingerprint density at radius 3 is 2.25 bits per heavy atom. The third kappa shape index (κ3) is 5.86. The Bertz CT molecular complexity index is 1320. The Morgan fingerprint density at radius 1 is 0.861 bits per heavy atom. The number of amides is 2. The van der Waals surface area contributed by atoms with Gasteiger partial charge in [0.05, 0.1) is 10.7 Å². The Labute approximate surface area is 222 Å².